The molecule has 1 aromatic heterocycles. The molecule has 0 fully saturated rings. The lowest BCUT2D eigenvalue weighted by Gasteiger charge is -2.32. The second kappa shape index (κ2) is 5.01. The topological polar surface area (TPSA) is 50.9 Å². The summed E-state index contributed by atoms with van der Waals surface area (Å²) < 4.78 is 0. The van der Waals surface area contributed by atoms with Crippen molar-refractivity contribution in [1.82, 2.24) is 4.98 Å². The fourth-order valence-corrected chi connectivity index (χ4v) is 1.80. The van der Waals surface area contributed by atoms with E-state index in [2.05, 4.69) is 31.1 Å². The Morgan fingerprint density at radius 1 is 1.27 bits per heavy atom. The molecule has 3 nitrogen and oxygen atoms in total. The van der Waals surface area contributed by atoms with Crippen LogP contribution >= 0.6 is 0 Å². The highest BCUT2D eigenvalue weighted by Crippen LogP contribution is 2.24. The van der Waals surface area contributed by atoms with Crippen molar-refractivity contribution in [1.29, 1.82) is 0 Å². The van der Waals surface area contributed by atoms with Crippen molar-refractivity contribution in [2.75, 3.05) is 11.1 Å². The molecular formula is C12H21N3. The standard InChI is InChI=1S/C12H21N3/c1-4-12(5-2,6-3)15-11-9-10(13)7-8-14-11/h7-9H,4-6H2,1-3H3,(H3,13,14,15). The number of hydrogen-bond acceptors (Lipinski definition) is 3. The minimum absolute atomic E-state index is 0.154. The third-order valence-electron chi connectivity index (χ3n) is 3.21. The molecule has 0 radical (unpaired) electrons. The fourth-order valence-electron chi connectivity index (χ4n) is 1.80. The molecule has 0 saturated heterocycles. The molecule has 0 unspecified atom stereocenters. The molecule has 0 amide bonds. The molecule has 0 aliphatic carbocycles. The fraction of sp³-hybridized carbons (Fsp3) is 0.583. The van der Waals surface area contributed by atoms with Gasteiger partial charge in [0.1, 0.15) is 5.82 Å². The first-order chi connectivity index (χ1) is 7.15. The average molecular weight is 207 g/mol. The molecule has 1 aromatic rings. The maximum Gasteiger partial charge on any atom is 0.128 e. The second-order valence-electron chi connectivity index (χ2n) is 3.94. The van der Waals surface area contributed by atoms with Crippen molar-refractivity contribution in [3.63, 3.8) is 0 Å². The molecule has 0 aliphatic heterocycles. The maximum atomic E-state index is 5.72. The number of nitrogens with one attached hydrogen (secondary N) is 1. The quantitative estimate of drug-likeness (QED) is 0.780. The number of nitrogens with zero attached hydrogens (tertiary/aromatic N) is 1. The van der Waals surface area contributed by atoms with E-state index in [0.29, 0.717) is 0 Å². The summed E-state index contributed by atoms with van der Waals surface area (Å²) in [6, 6.07) is 3.69. The van der Waals surface area contributed by atoms with E-state index in [1.165, 1.54) is 0 Å². The van der Waals surface area contributed by atoms with Gasteiger partial charge in [-0.3, -0.25) is 0 Å². The van der Waals surface area contributed by atoms with Crippen LogP contribution in [0.3, 0.4) is 0 Å². The SMILES string of the molecule is CCC(CC)(CC)Nc1cc(N)ccn1. The zero-order valence-electron chi connectivity index (χ0n) is 9.88. The Balaban J connectivity index is 2.82. The van der Waals surface area contributed by atoms with E-state index < -0.39 is 0 Å². The van der Waals surface area contributed by atoms with Gasteiger partial charge in [-0.2, -0.15) is 0 Å². The van der Waals surface area contributed by atoms with E-state index in [9.17, 15) is 0 Å². The summed E-state index contributed by atoms with van der Waals surface area (Å²) in [5.41, 5.74) is 6.63. The van der Waals surface area contributed by atoms with Crippen molar-refractivity contribution >= 4 is 11.5 Å². The molecule has 84 valence electrons. The Labute approximate surface area is 92.1 Å². The van der Waals surface area contributed by atoms with Crippen LogP contribution in [0.2, 0.25) is 0 Å². The lowest BCUT2D eigenvalue weighted by Crippen LogP contribution is -2.36. The molecule has 0 aromatic carbocycles. The highest BCUT2D eigenvalue weighted by atomic mass is 15.0. The van der Waals surface area contributed by atoms with Gasteiger partial charge < -0.3 is 11.1 Å². The lowest BCUT2D eigenvalue weighted by atomic mass is 9.90. The van der Waals surface area contributed by atoms with Gasteiger partial charge in [0.2, 0.25) is 0 Å². The van der Waals surface area contributed by atoms with Gasteiger partial charge in [0.15, 0.2) is 0 Å². The van der Waals surface area contributed by atoms with Gasteiger partial charge in [-0.15, -0.1) is 0 Å². The van der Waals surface area contributed by atoms with E-state index in [4.69, 9.17) is 5.73 Å². The van der Waals surface area contributed by atoms with Crippen molar-refractivity contribution in [3.8, 4) is 0 Å². The predicted molar refractivity (Wildman–Crippen MR) is 65.9 cm³/mol. The molecule has 0 aliphatic rings. The van der Waals surface area contributed by atoms with Crippen molar-refractivity contribution in [2.45, 2.75) is 45.6 Å². The summed E-state index contributed by atoms with van der Waals surface area (Å²) in [4.78, 5) is 4.28. The predicted octanol–water partition coefficient (Wildman–Crippen LogP) is 3.04. The first-order valence-corrected chi connectivity index (χ1v) is 5.65. The minimum Gasteiger partial charge on any atom is -0.399 e. The highest BCUT2D eigenvalue weighted by molar-refractivity contribution is 5.49. The number of rotatable bonds is 5. The van der Waals surface area contributed by atoms with Crippen molar-refractivity contribution < 1.29 is 0 Å². The van der Waals surface area contributed by atoms with E-state index in [0.717, 1.165) is 30.8 Å². The molecule has 0 bridgehead atoms. The molecule has 0 spiro atoms. The van der Waals surface area contributed by atoms with Gasteiger partial charge in [-0.1, -0.05) is 20.8 Å². The largest absolute Gasteiger partial charge is 0.399 e. The number of hydrogen-bond donors (Lipinski definition) is 2. The van der Waals surface area contributed by atoms with Crippen LogP contribution in [-0.4, -0.2) is 10.5 Å². The molecule has 3 N–H and O–H groups in total. The second-order valence-corrected chi connectivity index (χ2v) is 3.94. The summed E-state index contributed by atoms with van der Waals surface area (Å²) in [7, 11) is 0. The zero-order chi connectivity index (χ0) is 11.3. The van der Waals surface area contributed by atoms with E-state index in [1.54, 1.807) is 12.3 Å². The summed E-state index contributed by atoms with van der Waals surface area (Å²) >= 11 is 0. The summed E-state index contributed by atoms with van der Waals surface area (Å²) in [6.07, 6.45) is 5.02. The first kappa shape index (κ1) is 11.8. The van der Waals surface area contributed by atoms with Gasteiger partial charge in [0.25, 0.3) is 0 Å². The smallest absolute Gasteiger partial charge is 0.128 e. The number of nitrogen functional groups attached to an aromatic ring is 1. The molecule has 1 heterocycles. The zero-order valence-corrected chi connectivity index (χ0v) is 9.88. The number of anilines is 2. The molecule has 1 rings (SSSR count). The van der Waals surface area contributed by atoms with Gasteiger partial charge in [0, 0.05) is 23.5 Å². The maximum absolute atomic E-state index is 5.72. The number of nitrogens with two attached hydrogens (primary N) is 1. The third-order valence-corrected chi connectivity index (χ3v) is 3.21. The Hall–Kier alpha value is -1.25. The van der Waals surface area contributed by atoms with Crippen LogP contribution in [0.25, 0.3) is 0 Å². The van der Waals surface area contributed by atoms with Gasteiger partial charge >= 0.3 is 0 Å². The summed E-state index contributed by atoms with van der Waals surface area (Å²) in [5.74, 6) is 0.876. The van der Waals surface area contributed by atoms with E-state index in [-0.39, 0.29) is 5.54 Å². The van der Waals surface area contributed by atoms with Crippen molar-refractivity contribution in [2.24, 2.45) is 0 Å². The Morgan fingerprint density at radius 2 is 1.87 bits per heavy atom. The Bertz CT molecular complexity index is 297. The Kier molecular flexibility index (Phi) is 3.95. The molecule has 3 heteroatoms. The van der Waals surface area contributed by atoms with Gasteiger partial charge in [-0.25, -0.2) is 4.98 Å². The van der Waals surface area contributed by atoms with E-state index in [1.807, 2.05) is 6.07 Å². The highest BCUT2D eigenvalue weighted by Gasteiger charge is 2.23. The summed E-state index contributed by atoms with van der Waals surface area (Å²) in [6.45, 7) is 6.60. The van der Waals surface area contributed by atoms with Gasteiger partial charge in [0.05, 0.1) is 0 Å². The summed E-state index contributed by atoms with van der Waals surface area (Å²) in [5, 5.41) is 3.49. The van der Waals surface area contributed by atoms with Crippen LogP contribution in [0.4, 0.5) is 11.5 Å². The first-order valence-electron chi connectivity index (χ1n) is 5.65. The molecule has 0 saturated carbocycles. The van der Waals surface area contributed by atoms with Gasteiger partial charge in [-0.05, 0) is 25.3 Å². The molecule has 15 heavy (non-hydrogen) atoms. The van der Waals surface area contributed by atoms with Crippen LogP contribution < -0.4 is 11.1 Å². The van der Waals surface area contributed by atoms with Crippen LogP contribution in [0.15, 0.2) is 18.3 Å². The van der Waals surface area contributed by atoms with Crippen molar-refractivity contribution in [3.05, 3.63) is 18.3 Å². The van der Waals surface area contributed by atoms with Crippen LogP contribution in [0.5, 0.6) is 0 Å². The van der Waals surface area contributed by atoms with Crippen LogP contribution in [-0.2, 0) is 0 Å². The Morgan fingerprint density at radius 3 is 2.33 bits per heavy atom. The number of pyridine rings is 1. The lowest BCUT2D eigenvalue weighted by molar-refractivity contribution is 0.419. The van der Waals surface area contributed by atoms with Crippen LogP contribution in [0, 0.1) is 0 Å². The third kappa shape index (κ3) is 2.85. The van der Waals surface area contributed by atoms with Crippen LogP contribution in [0.1, 0.15) is 40.0 Å². The molecular weight excluding hydrogens is 186 g/mol. The number of aromatic nitrogens is 1. The van der Waals surface area contributed by atoms with E-state index >= 15 is 0 Å². The monoisotopic (exact) mass is 207 g/mol. The normalized spacial score (nSPS) is 11.4. The minimum atomic E-state index is 0.154. The molecule has 0 atom stereocenters. The average Bonchev–Trinajstić information content (AvgIpc) is 2.26.